The average molecular weight is 570 g/mol. The molecular formula is C19H23N17O3S. The minimum absolute atomic E-state index is 0.00193. The van der Waals surface area contributed by atoms with Crippen molar-refractivity contribution in [1.82, 2.24) is 16.0 Å². The lowest BCUT2D eigenvalue weighted by molar-refractivity contribution is -0.116. The van der Waals surface area contributed by atoms with Crippen LogP contribution in [0.25, 0.3) is 41.8 Å². The molecule has 0 bridgehead atoms. The Morgan fingerprint density at radius 3 is 2.48 bits per heavy atom. The van der Waals surface area contributed by atoms with E-state index in [1.807, 2.05) is 0 Å². The van der Waals surface area contributed by atoms with Crippen molar-refractivity contribution in [3.63, 3.8) is 0 Å². The molecular weight excluding hydrogens is 546 g/mol. The number of nitrogens with zero attached hydrogens (tertiary/aromatic N) is 13. The lowest BCUT2D eigenvalue weighted by atomic mass is 9.96. The van der Waals surface area contributed by atoms with Gasteiger partial charge in [0.25, 0.3) is 5.91 Å². The van der Waals surface area contributed by atoms with E-state index >= 15 is 0 Å². The fraction of sp³-hybridized carbons (Fsp3) is 0.474. The van der Waals surface area contributed by atoms with Crippen molar-refractivity contribution in [1.29, 1.82) is 5.41 Å². The summed E-state index contributed by atoms with van der Waals surface area (Å²) in [6, 6.07) is 0. The maximum absolute atomic E-state index is 12.9. The number of hydrogen-bond donors (Lipinski definition) is 4. The van der Waals surface area contributed by atoms with Crippen LogP contribution in [0.1, 0.15) is 6.42 Å². The van der Waals surface area contributed by atoms with Crippen molar-refractivity contribution in [2.75, 3.05) is 39.3 Å². The molecule has 1 aliphatic heterocycles. The molecule has 0 aromatic carbocycles. The standard InChI is InChI=1S/C19H23N17O3S/c20-13-6-15(39-4-3-27-33-21)14(31-18(37)16-8-26-17(40-16)9-28-34-22)5-12(13)7-25-2-1-19(32-38,10-29-35-23)11-30-36-24/h5-8,17,20,25-26H,1-4,9-11H2,(H,31,37)/b12-7-,20-13?. The van der Waals surface area contributed by atoms with Crippen LogP contribution in [0.4, 0.5) is 0 Å². The maximum Gasteiger partial charge on any atom is 0.263 e. The molecule has 1 heterocycles. The Labute approximate surface area is 230 Å². The molecule has 1 amide bonds. The Bertz CT molecular complexity index is 1290. The lowest BCUT2D eigenvalue weighted by Crippen LogP contribution is -2.36. The first-order valence-corrected chi connectivity index (χ1v) is 12.2. The van der Waals surface area contributed by atoms with Gasteiger partial charge in [0.15, 0.2) is 0 Å². The van der Waals surface area contributed by atoms with Crippen LogP contribution in [-0.4, -0.2) is 61.9 Å². The van der Waals surface area contributed by atoms with E-state index in [2.05, 4.69) is 61.2 Å². The number of carbonyl (C=O) groups is 1. The summed E-state index contributed by atoms with van der Waals surface area (Å²) < 4.78 is 5.62. The van der Waals surface area contributed by atoms with Crippen LogP contribution >= 0.6 is 11.8 Å². The summed E-state index contributed by atoms with van der Waals surface area (Å²) in [5, 5.41) is 33.3. The molecule has 0 radical (unpaired) electrons. The highest BCUT2D eigenvalue weighted by atomic mass is 32.2. The smallest absolute Gasteiger partial charge is 0.263 e. The lowest BCUT2D eigenvalue weighted by Gasteiger charge is -2.22. The molecule has 0 aromatic rings. The molecule has 208 valence electrons. The molecule has 2 rings (SSSR count). The molecule has 0 saturated heterocycles. The fourth-order valence-corrected chi connectivity index (χ4v) is 4.07. The molecule has 0 spiro atoms. The van der Waals surface area contributed by atoms with Crippen molar-refractivity contribution in [3.8, 4) is 0 Å². The van der Waals surface area contributed by atoms with Crippen molar-refractivity contribution in [2.24, 2.45) is 25.6 Å². The number of hydrogen-bond acceptors (Lipinski definition) is 12. The zero-order valence-electron chi connectivity index (χ0n) is 20.8. The van der Waals surface area contributed by atoms with E-state index in [-0.39, 0.29) is 68.3 Å². The minimum atomic E-state index is -1.44. The van der Waals surface area contributed by atoms with E-state index in [4.69, 9.17) is 32.3 Å². The third kappa shape index (κ3) is 9.53. The van der Waals surface area contributed by atoms with Gasteiger partial charge in [0.1, 0.15) is 11.3 Å². The molecule has 40 heavy (non-hydrogen) atoms. The number of amides is 1. The van der Waals surface area contributed by atoms with E-state index in [0.717, 1.165) is 0 Å². The summed E-state index contributed by atoms with van der Waals surface area (Å²) in [7, 11) is 0. The summed E-state index contributed by atoms with van der Waals surface area (Å²) in [4.78, 5) is 35.3. The molecule has 1 atom stereocenters. The molecule has 0 saturated carbocycles. The van der Waals surface area contributed by atoms with Crippen LogP contribution in [0, 0.1) is 10.3 Å². The van der Waals surface area contributed by atoms with Crippen molar-refractivity contribution < 1.29 is 9.53 Å². The number of rotatable bonds is 17. The van der Waals surface area contributed by atoms with Gasteiger partial charge in [0, 0.05) is 50.2 Å². The van der Waals surface area contributed by atoms with Gasteiger partial charge in [-0.15, -0.1) is 0 Å². The van der Waals surface area contributed by atoms with Gasteiger partial charge in [-0.2, -0.15) is 4.91 Å². The van der Waals surface area contributed by atoms with Gasteiger partial charge >= 0.3 is 0 Å². The van der Waals surface area contributed by atoms with Crippen LogP contribution in [-0.2, 0) is 9.53 Å². The van der Waals surface area contributed by atoms with Crippen molar-refractivity contribution >= 4 is 23.4 Å². The van der Waals surface area contributed by atoms with Gasteiger partial charge in [0.05, 0.1) is 54.5 Å². The van der Waals surface area contributed by atoms with Crippen LogP contribution in [0.2, 0.25) is 0 Å². The first-order valence-electron chi connectivity index (χ1n) is 11.3. The first-order chi connectivity index (χ1) is 19.4. The van der Waals surface area contributed by atoms with E-state index in [1.165, 1.54) is 36.3 Å². The first kappa shape index (κ1) is 30.9. The summed E-state index contributed by atoms with van der Waals surface area (Å²) in [6.45, 7) is -0.313. The largest absolute Gasteiger partial charge is 0.491 e. The van der Waals surface area contributed by atoms with Gasteiger partial charge in [-0.1, -0.05) is 37.4 Å². The summed E-state index contributed by atoms with van der Waals surface area (Å²) >= 11 is 1.17. The third-order valence-electron chi connectivity index (χ3n) is 5.16. The van der Waals surface area contributed by atoms with E-state index < -0.39 is 11.4 Å². The van der Waals surface area contributed by atoms with Gasteiger partial charge < -0.3 is 26.1 Å². The molecule has 4 N–H and O–H groups in total. The topological polar surface area (TPSA) is 311 Å². The second kappa shape index (κ2) is 16.5. The zero-order valence-corrected chi connectivity index (χ0v) is 21.6. The number of thioether (sulfide) groups is 1. The molecule has 21 heteroatoms. The number of allylic oxidation sites excluding steroid dienone is 3. The van der Waals surface area contributed by atoms with Crippen molar-refractivity contribution in [2.45, 2.75) is 17.3 Å². The molecule has 0 aromatic heterocycles. The monoisotopic (exact) mass is 569 g/mol. The zero-order chi connectivity index (χ0) is 29.2. The van der Waals surface area contributed by atoms with E-state index in [1.54, 1.807) is 0 Å². The average Bonchev–Trinajstić information content (AvgIpc) is 3.44. The van der Waals surface area contributed by atoms with Gasteiger partial charge in [-0.3, -0.25) is 4.79 Å². The Kier molecular flexibility index (Phi) is 12.8. The predicted octanol–water partition coefficient (Wildman–Crippen LogP) is 4.03. The quantitative estimate of drug-likeness (QED) is 0.0657. The Balaban J connectivity index is 2.17. The van der Waals surface area contributed by atoms with Crippen LogP contribution in [0.5, 0.6) is 0 Å². The van der Waals surface area contributed by atoms with E-state index in [9.17, 15) is 9.70 Å². The fourth-order valence-electron chi connectivity index (χ4n) is 3.19. The normalized spacial score (nSPS) is 18.0. The van der Waals surface area contributed by atoms with Crippen LogP contribution < -0.4 is 16.0 Å². The maximum atomic E-state index is 12.9. The Morgan fingerprint density at radius 1 is 1.12 bits per heavy atom. The van der Waals surface area contributed by atoms with Crippen molar-refractivity contribution in [3.05, 3.63) is 93.2 Å². The number of nitrogens with one attached hydrogen (secondary N) is 4. The number of carbonyl (C=O) groups excluding carboxylic acids is 1. The van der Waals surface area contributed by atoms with Gasteiger partial charge in [-0.05, 0) is 34.6 Å². The number of ether oxygens (including phenoxy) is 1. The number of azide groups is 4. The summed E-state index contributed by atoms with van der Waals surface area (Å²) in [5.41, 5.74) is 33.3. The summed E-state index contributed by atoms with van der Waals surface area (Å²) in [5.74, 6) is -0.311. The second-order valence-electron chi connectivity index (χ2n) is 7.83. The summed E-state index contributed by atoms with van der Waals surface area (Å²) in [6.07, 6.45) is 5.88. The highest BCUT2D eigenvalue weighted by Gasteiger charge is 2.30. The third-order valence-corrected chi connectivity index (χ3v) is 6.29. The Hall–Kier alpha value is -5.31. The Morgan fingerprint density at radius 2 is 1.82 bits per heavy atom. The molecule has 0 fully saturated rings. The van der Waals surface area contributed by atoms with Crippen LogP contribution in [0.3, 0.4) is 0 Å². The molecule has 1 unspecified atom stereocenters. The van der Waals surface area contributed by atoms with Crippen LogP contribution in [0.15, 0.2) is 72.1 Å². The van der Waals surface area contributed by atoms with E-state index in [0.29, 0.717) is 10.5 Å². The number of nitroso groups, excluding NO2 is 1. The SMILES string of the molecule is [N-]=[N+]=NCCOC1=CC(=N)/C(=C\NCCC(CN=[N+]=[N-])(CN=[N+]=[N-])N=O)C=C1NC(=O)C1=CNC(CN=[N+]=[N-])S1. The molecule has 1 aliphatic carbocycles. The van der Waals surface area contributed by atoms with Gasteiger partial charge in [0.2, 0.25) is 0 Å². The van der Waals surface area contributed by atoms with Gasteiger partial charge in [-0.25, -0.2) is 0 Å². The second-order valence-corrected chi connectivity index (χ2v) is 9.07. The highest BCUT2D eigenvalue weighted by Crippen LogP contribution is 2.27. The minimum Gasteiger partial charge on any atom is -0.491 e. The molecule has 2 aliphatic rings. The highest BCUT2D eigenvalue weighted by molar-refractivity contribution is 8.04. The molecule has 20 nitrogen and oxygen atoms in total. The predicted molar refractivity (Wildman–Crippen MR) is 146 cm³/mol.